The second-order valence-corrected chi connectivity index (χ2v) is 6.39. The molecule has 5 heteroatoms. The second-order valence-electron chi connectivity index (χ2n) is 5.48. The van der Waals surface area contributed by atoms with Crippen LogP contribution in [0.15, 0.2) is 29.0 Å². The first-order chi connectivity index (χ1) is 9.72. The van der Waals surface area contributed by atoms with E-state index < -0.39 is 0 Å². The Hall–Kier alpha value is -1.20. The van der Waals surface area contributed by atoms with Gasteiger partial charge in [0.05, 0.1) is 11.2 Å². The molecule has 1 fully saturated rings. The number of pyridine rings is 2. The fraction of sp³-hybridized carbons (Fsp3) is 0.467. The van der Waals surface area contributed by atoms with Crippen LogP contribution in [0.25, 0.3) is 11.0 Å². The summed E-state index contributed by atoms with van der Waals surface area (Å²) in [4.78, 5) is 8.83. The van der Waals surface area contributed by atoms with Crippen molar-refractivity contribution in [1.82, 2.24) is 9.97 Å². The number of hydrogen-bond donors (Lipinski definition) is 1. The predicted octanol–water partition coefficient (Wildman–Crippen LogP) is 3.62. The molecule has 0 amide bonds. The van der Waals surface area contributed by atoms with Crippen molar-refractivity contribution in [1.29, 1.82) is 0 Å². The highest BCUT2D eigenvalue weighted by molar-refractivity contribution is 9.10. The predicted molar refractivity (Wildman–Crippen MR) is 83.9 cm³/mol. The molecule has 106 valence electrons. The molecule has 0 bridgehead atoms. The van der Waals surface area contributed by atoms with Crippen LogP contribution < -0.4 is 5.32 Å². The monoisotopic (exact) mass is 335 g/mol. The lowest BCUT2D eigenvalue weighted by molar-refractivity contribution is 0.175. The summed E-state index contributed by atoms with van der Waals surface area (Å²) in [5, 5.41) is 3.55. The van der Waals surface area contributed by atoms with E-state index in [4.69, 9.17) is 4.74 Å². The average molecular weight is 336 g/mol. The van der Waals surface area contributed by atoms with Gasteiger partial charge in [0, 0.05) is 37.1 Å². The van der Waals surface area contributed by atoms with E-state index in [1.54, 1.807) is 7.11 Å². The van der Waals surface area contributed by atoms with Crippen molar-refractivity contribution in [3.05, 3.63) is 29.0 Å². The molecule has 0 aromatic carbocycles. The average Bonchev–Trinajstić information content (AvgIpc) is 3.23. The largest absolute Gasteiger partial charge is 0.385 e. The van der Waals surface area contributed by atoms with Gasteiger partial charge in [-0.05, 0) is 52.7 Å². The molecule has 1 aliphatic carbocycles. The van der Waals surface area contributed by atoms with Gasteiger partial charge in [0.1, 0.15) is 5.52 Å². The third-order valence-electron chi connectivity index (χ3n) is 3.99. The van der Waals surface area contributed by atoms with Gasteiger partial charge in [-0.1, -0.05) is 0 Å². The van der Waals surface area contributed by atoms with Crippen molar-refractivity contribution in [2.24, 2.45) is 5.41 Å². The van der Waals surface area contributed by atoms with Crippen LogP contribution in [0.1, 0.15) is 19.3 Å². The van der Waals surface area contributed by atoms with E-state index >= 15 is 0 Å². The van der Waals surface area contributed by atoms with Crippen molar-refractivity contribution in [2.45, 2.75) is 19.3 Å². The van der Waals surface area contributed by atoms with Gasteiger partial charge in [-0.2, -0.15) is 0 Å². The number of fused-ring (bicyclic) bond motifs is 1. The van der Waals surface area contributed by atoms with E-state index in [1.165, 1.54) is 12.8 Å². The van der Waals surface area contributed by atoms with E-state index in [0.29, 0.717) is 5.41 Å². The van der Waals surface area contributed by atoms with Crippen molar-refractivity contribution in [3.8, 4) is 0 Å². The van der Waals surface area contributed by atoms with Crippen molar-refractivity contribution in [2.75, 3.05) is 25.6 Å². The summed E-state index contributed by atoms with van der Waals surface area (Å²) in [6, 6.07) is 3.99. The highest BCUT2D eigenvalue weighted by Gasteiger charge is 2.41. The van der Waals surface area contributed by atoms with Gasteiger partial charge in [-0.25, -0.2) is 0 Å². The normalized spacial score (nSPS) is 16.3. The maximum absolute atomic E-state index is 5.20. The number of anilines is 1. The summed E-state index contributed by atoms with van der Waals surface area (Å²) in [6.45, 7) is 1.82. The Morgan fingerprint density at radius 1 is 1.40 bits per heavy atom. The van der Waals surface area contributed by atoms with Crippen LogP contribution in [0.5, 0.6) is 0 Å². The molecule has 1 aliphatic rings. The molecule has 20 heavy (non-hydrogen) atoms. The SMILES string of the molecule is COCCC1(CNc2ccnc3cc(Br)cnc23)CC1. The fourth-order valence-corrected chi connectivity index (χ4v) is 2.76. The van der Waals surface area contributed by atoms with E-state index in [9.17, 15) is 0 Å². The molecule has 1 N–H and O–H groups in total. The Morgan fingerprint density at radius 2 is 2.25 bits per heavy atom. The van der Waals surface area contributed by atoms with Crippen molar-refractivity contribution < 1.29 is 4.74 Å². The van der Waals surface area contributed by atoms with Gasteiger partial charge in [0.15, 0.2) is 0 Å². The molecule has 2 aromatic rings. The molecule has 2 heterocycles. The van der Waals surface area contributed by atoms with Gasteiger partial charge < -0.3 is 10.1 Å². The summed E-state index contributed by atoms with van der Waals surface area (Å²) in [7, 11) is 1.77. The van der Waals surface area contributed by atoms with Gasteiger partial charge in [-0.3, -0.25) is 9.97 Å². The first-order valence-electron chi connectivity index (χ1n) is 6.86. The first-order valence-corrected chi connectivity index (χ1v) is 7.65. The maximum atomic E-state index is 5.20. The third kappa shape index (κ3) is 2.94. The quantitative estimate of drug-likeness (QED) is 0.875. The maximum Gasteiger partial charge on any atom is 0.112 e. The van der Waals surface area contributed by atoms with Crippen LogP contribution in [0.4, 0.5) is 5.69 Å². The molecule has 1 saturated carbocycles. The van der Waals surface area contributed by atoms with Crippen LogP contribution in [-0.4, -0.2) is 30.2 Å². The molecule has 4 nitrogen and oxygen atoms in total. The Morgan fingerprint density at radius 3 is 3.00 bits per heavy atom. The lowest BCUT2D eigenvalue weighted by atomic mass is 10.0. The second kappa shape index (κ2) is 5.66. The number of nitrogens with zero attached hydrogens (tertiary/aromatic N) is 2. The third-order valence-corrected chi connectivity index (χ3v) is 4.43. The zero-order chi connectivity index (χ0) is 14.0. The summed E-state index contributed by atoms with van der Waals surface area (Å²) in [5.74, 6) is 0. The van der Waals surface area contributed by atoms with Crippen LogP contribution >= 0.6 is 15.9 Å². The van der Waals surface area contributed by atoms with E-state index in [2.05, 4.69) is 31.2 Å². The zero-order valence-corrected chi connectivity index (χ0v) is 13.1. The highest BCUT2D eigenvalue weighted by atomic mass is 79.9. The van der Waals surface area contributed by atoms with Gasteiger partial charge in [0.25, 0.3) is 0 Å². The first kappa shape index (κ1) is 13.8. The molecular formula is C15H18BrN3O. The molecule has 0 unspecified atom stereocenters. The van der Waals surface area contributed by atoms with Gasteiger partial charge in [-0.15, -0.1) is 0 Å². The van der Waals surface area contributed by atoms with Crippen LogP contribution in [-0.2, 0) is 4.74 Å². The molecule has 3 rings (SSSR count). The minimum absolute atomic E-state index is 0.418. The van der Waals surface area contributed by atoms with Crippen molar-refractivity contribution >= 4 is 32.7 Å². The minimum atomic E-state index is 0.418. The highest BCUT2D eigenvalue weighted by Crippen LogP contribution is 2.48. The molecule has 0 spiro atoms. The van der Waals surface area contributed by atoms with E-state index in [1.807, 2.05) is 24.5 Å². The number of methoxy groups -OCH3 is 1. The number of hydrogen-bond acceptors (Lipinski definition) is 4. The van der Waals surface area contributed by atoms with Gasteiger partial charge in [0.2, 0.25) is 0 Å². The number of aromatic nitrogens is 2. The zero-order valence-electron chi connectivity index (χ0n) is 11.5. The van der Waals surface area contributed by atoms with Gasteiger partial charge >= 0.3 is 0 Å². The molecule has 0 aliphatic heterocycles. The van der Waals surface area contributed by atoms with E-state index in [-0.39, 0.29) is 0 Å². The molecule has 0 saturated heterocycles. The number of nitrogens with one attached hydrogen (secondary N) is 1. The van der Waals surface area contributed by atoms with Crippen LogP contribution in [0.3, 0.4) is 0 Å². The smallest absolute Gasteiger partial charge is 0.112 e. The van der Waals surface area contributed by atoms with E-state index in [0.717, 1.165) is 40.8 Å². The Bertz CT molecular complexity index is 613. The topological polar surface area (TPSA) is 47.0 Å². The summed E-state index contributed by atoms with van der Waals surface area (Å²) in [6.07, 6.45) is 7.33. The van der Waals surface area contributed by atoms with Crippen molar-refractivity contribution in [3.63, 3.8) is 0 Å². The van der Waals surface area contributed by atoms with Crippen LogP contribution in [0.2, 0.25) is 0 Å². The number of ether oxygens (including phenoxy) is 1. The summed E-state index contributed by atoms with van der Waals surface area (Å²) in [5.41, 5.74) is 3.32. The fourth-order valence-electron chi connectivity index (χ4n) is 2.44. The Labute approximate surface area is 127 Å². The molecule has 2 aromatic heterocycles. The molecule has 0 radical (unpaired) electrons. The Balaban J connectivity index is 1.75. The molecular weight excluding hydrogens is 318 g/mol. The number of rotatable bonds is 6. The lowest BCUT2D eigenvalue weighted by Gasteiger charge is -2.17. The Kier molecular flexibility index (Phi) is 3.89. The van der Waals surface area contributed by atoms with Crippen LogP contribution in [0, 0.1) is 5.41 Å². The molecule has 0 atom stereocenters. The number of halogens is 1. The minimum Gasteiger partial charge on any atom is -0.385 e. The summed E-state index contributed by atoms with van der Waals surface area (Å²) >= 11 is 3.43. The standard InChI is InChI=1S/C15H18BrN3O/c1-20-7-5-15(3-4-15)10-19-12-2-6-17-13-8-11(16)9-18-14(12)13/h2,6,8-9H,3-5,7,10H2,1H3,(H,17,19). The lowest BCUT2D eigenvalue weighted by Crippen LogP contribution is -2.17. The summed E-state index contributed by atoms with van der Waals surface area (Å²) < 4.78 is 6.15.